The Kier molecular flexibility index (Phi) is 3.81. The van der Waals surface area contributed by atoms with Gasteiger partial charge < -0.3 is 10.5 Å². The first-order valence-corrected chi connectivity index (χ1v) is 5.88. The van der Waals surface area contributed by atoms with Crippen molar-refractivity contribution < 1.29 is 13.5 Å². The highest BCUT2D eigenvalue weighted by molar-refractivity contribution is 5.37. The lowest BCUT2D eigenvalue weighted by atomic mass is 9.98. The topological polar surface area (TPSA) is 35.2 Å². The van der Waals surface area contributed by atoms with Crippen LogP contribution in [0.2, 0.25) is 0 Å². The lowest BCUT2D eigenvalue weighted by Gasteiger charge is -2.14. The van der Waals surface area contributed by atoms with Gasteiger partial charge in [-0.3, -0.25) is 0 Å². The van der Waals surface area contributed by atoms with Gasteiger partial charge in [-0.2, -0.15) is 0 Å². The Labute approximate surface area is 110 Å². The minimum absolute atomic E-state index is 0.172. The van der Waals surface area contributed by atoms with E-state index in [1.165, 1.54) is 25.3 Å². The molecule has 0 aliphatic rings. The minimum Gasteiger partial charge on any atom is -0.494 e. The van der Waals surface area contributed by atoms with Gasteiger partial charge in [-0.05, 0) is 41.8 Å². The van der Waals surface area contributed by atoms with Gasteiger partial charge in [0.1, 0.15) is 5.82 Å². The van der Waals surface area contributed by atoms with Crippen molar-refractivity contribution in [1.82, 2.24) is 0 Å². The molecule has 1 unspecified atom stereocenters. The molecule has 0 radical (unpaired) electrons. The summed E-state index contributed by atoms with van der Waals surface area (Å²) in [5.41, 5.74) is 7.94. The van der Waals surface area contributed by atoms with Gasteiger partial charge in [0.05, 0.1) is 13.2 Å². The average Bonchev–Trinajstić information content (AvgIpc) is 2.41. The number of ether oxygens (including phenoxy) is 1. The van der Waals surface area contributed by atoms with Crippen LogP contribution in [0.4, 0.5) is 8.78 Å². The van der Waals surface area contributed by atoms with Gasteiger partial charge in [0.2, 0.25) is 0 Å². The van der Waals surface area contributed by atoms with Crippen molar-refractivity contribution in [2.75, 3.05) is 7.11 Å². The van der Waals surface area contributed by atoms with E-state index in [9.17, 15) is 8.78 Å². The fourth-order valence-electron chi connectivity index (χ4n) is 1.93. The molecule has 0 aliphatic heterocycles. The predicted molar refractivity (Wildman–Crippen MR) is 70.1 cm³/mol. The quantitative estimate of drug-likeness (QED) is 0.921. The van der Waals surface area contributed by atoms with Crippen molar-refractivity contribution in [3.8, 4) is 5.75 Å². The molecule has 0 bridgehead atoms. The zero-order valence-electron chi connectivity index (χ0n) is 10.8. The molecule has 0 aromatic heterocycles. The number of benzene rings is 2. The van der Waals surface area contributed by atoms with Crippen molar-refractivity contribution in [3.05, 3.63) is 64.7 Å². The number of hydrogen-bond donors (Lipinski definition) is 1. The van der Waals surface area contributed by atoms with Crippen LogP contribution in [0, 0.1) is 18.6 Å². The smallest absolute Gasteiger partial charge is 0.165 e. The number of rotatable bonds is 3. The van der Waals surface area contributed by atoms with Crippen molar-refractivity contribution in [2.24, 2.45) is 5.73 Å². The molecule has 0 fully saturated rings. The maximum atomic E-state index is 13.6. The molecule has 0 heterocycles. The Bertz CT molecular complexity index is 599. The van der Waals surface area contributed by atoms with E-state index in [0.29, 0.717) is 11.1 Å². The van der Waals surface area contributed by atoms with E-state index in [1.807, 2.05) is 0 Å². The van der Waals surface area contributed by atoms with Crippen molar-refractivity contribution >= 4 is 0 Å². The molecule has 2 aromatic rings. The van der Waals surface area contributed by atoms with E-state index >= 15 is 0 Å². The summed E-state index contributed by atoms with van der Waals surface area (Å²) in [5.74, 6) is -0.572. The first kappa shape index (κ1) is 13.5. The molecule has 0 aliphatic carbocycles. The van der Waals surface area contributed by atoms with Gasteiger partial charge in [0.25, 0.3) is 0 Å². The Balaban J connectivity index is 2.35. The fraction of sp³-hybridized carbons (Fsp3) is 0.200. The molecule has 0 saturated heterocycles. The second-order valence-corrected chi connectivity index (χ2v) is 4.38. The van der Waals surface area contributed by atoms with Gasteiger partial charge >= 0.3 is 0 Å². The molecule has 2 rings (SSSR count). The van der Waals surface area contributed by atoms with E-state index in [1.54, 1.807) is 25.1 Å². The molecule has 4 heteroatoms. The Morgan fingerprint density at radius 3 is 2.21 bits per heavy atom. The summed E-state index contributed by atoms with van der Waals surface area (Å²) in [5, 5.41) is 0. The van der Waals surface area contributed by atoms with Gasteiger partial charge in [0, 0.05) is 0 Å². The molecule has 0 spiro atoms. The molecular formula is C15H15F2NO. The first-order valence-electron chi connectivity index (χ1n) is 5.88. The molecule has 19 heavy (non-hydrogen) atoms. The lowest BCUT2D eigenvalue weighted by molar-refractivity contribution is 0.386. The zero-order valence-corrected chi connectivity index (χ0v) is 10.8. The molecule has 2 N–H and O–H groups in total. The van der Waals surface area contributed by atoms with Gasteiger partial charge in [-0.1, -0.05) is 18.2 Å². The van der Waals surface area contributed by atoms with Crippen molar-refractivity contribution in [3.63, 3.8) is 0 Å². The monoisotopic (exact) mass is 263 g/mol. The SMILES string of the molecule is COc1ccc(C(N)c2ccc(F)c(C)c2)cc1F. The maximum absolute atomic E-state index is 13.6. The summed E-state index contributed by atoms with van der Waals surface area (Å²) in [6.07, 6.45) is 0. The Morgan fingerprint density at radius 2 is 1.63 bits per heavy atom. The van der Waals surface area contributed by atoms with Crippen LogP contribution in [0.3, 0.4) is 0 Å². The highest BCUT2D eigenvalue weighted by Gasteiger charge is 2.13. The molecule has 2 aromatic carbocycles. The van der Waals surface area contributed by atoms with E-state index < -0.39 is 11.9 Å². The summed E-state index contributed by atoms with van der Waals surface area (Å²) in [4.78, 5) is 0. The van der Waals surface area contributed by atoms with Crippen molar-refractivity contribution in [1.29, 1.82) is 0 Å². The largest absolute Gasteiger partial charge is 0.494 e. The third-order valence-corrected chi connectivity index (χ3v) is 3.08. The number of nitrogens with two attached hydrogens (primary N) is 1. The van der Waals surface area contributed by atoms with Crippen LogP contribution in [-0.4, -0.2) is 7.11 Å². The highest BCUT2D eigenvalue weighted by Crippen LogP contribution is 2.25. The molecule has 0 amide bonds. The average molecular weight is 263 g/mol. The molecular weight excluding hydrogens is 248 g/mol. The standard InChI is InChI=1S/C15H15F2NO/c1-9-7-10(3-5-12(9)16)15(18)11-4-6-14(19-2)13(17)8-11/h3-8,15H,18H2,1-2H3. The van der Waals surface area contributed by atoms with E-state index in [2.05, 4.69) is 0 Å². The third-order valence-electron chi connectivity index (χ3n) is 3.08. The van der Waals surface area contributed by atoms with Crippen LogP contribution < -0.4 is 10.5 Å². The van der Waals surface area contributed by atoms with Crippen LogP contribution >= 0.6 is 0 Å². The molecule has 2 nitrogen and oxygen atoms in total. The summed E-state index contributed by atoms with van der Waals surface area (Å²) in [6, 6.07) is 8.70. The van der Waals surface area contributed by atoms with E-state index in [-0.39, 0.29) is 11.6 Å². The number of aryl methyl sites for hydroxylation is 1. The summed E-state index contributed by atoms with van der Waals surface area (Å²) in [6.45, 7) is 1.67. The Morgan fingerprint density at radius 1 is 1.00 bits per heavy atom. The van der Waals surface area contributed by atoms with Crippen LogP contribution in [-0.2, 0) is 0 Å². The predicted octanol–water partition coefficient (Wildman–Crippen LogP) is 3.33. The van der Waals surface area contributed by atoms with Crippen LogP contribution in [0.25, 0.3) is 0 Å². The van der Waals surface area contributed by atoms with Crippen molar-refractivity contribution in [2.45, 2.75) is 13.0 Å². The fourth-order valence-corrected chi connectivity index (χ4v) is 1.93. The number of halogens is 2. The zero-order chi connectivity index (χ0) is 14.0. The Hall–Kier alpha value is -1.94. The van der Waals surface area contributed by atoms with Gasteiger partial charge in [-0.15, -0.1) is 0 Å². The summed E-state index contributed by atoms with van der Waals surface area (Å²) >= 11 is 0. The van der Waals surface area contributed by atoms with Gasteiger partial charge in [-0.25, -0.2) is 8.78 Å². The van der Waals surface area contributed by atoms with Crippen LogP contribution in [0.15, 0.2) is 36.4 Å². The second kappa shape index (κ2) is 5.36. The van der Waals surface area contributed by atoms with E-state index in [0.717, 1.165) is 5.56 Å². The molecule has 0 saturated carbocycles. The lowest BCUT2D eigenvalue weighted by Crippen LogP contribution is -2.12. The normalized spacial score (nSPS) is 12.3. The third kappa shape index (κ3) is 2.74. The number of hydrogen-bond acceptors (Lipinski definition) is 2. The minimum atomic E-state index is -0.500. The van der Waals surface area contributed by atoms with Crippen LogP contribution in [0.1, 0.15) is 22.7 Å². The van der Waals surface area contributed by atoms with Gasteiger partial charge in [0.15, 0.2) is 11.6 Å². The van der Waals surface area contributed by atoms with E-state index in [4.69, 9.17) is 10.5 Å². The molecule has 1 atom stereocenters. The first-order chi connectivity index (χ1) is 9.02. The summed E-state index contributed by atoms with van der Waals surface area (Å²) < 4.78 is 31.7. The number of methoxy groups -OCH3 is 1. The van der Waals surface area contributed by atoms with Crippen LogP contribution in [0.5, 0.6) is 5.75 Å². The molecule has 100 valence electrons. The second-order valence-electron chi connectivity index (χ2n) is 4.38. The maximum Gasteiger partial charge on any atom is 0.165 e. The highest BCUT2D eigenvalue weighted by atomic mass is 19.1. The summed E-state index contributed by atoms with van der Waals surface area (Å²) in [7, 11) is 1.40.